The molecular formula is C14H19ClN2O2. The Kier molecular flexibility index (Phi) is 4.66. The zero-order valence-corrected chi connectivity index (χ0v) is 11.5. The highest BCUT2D eigenvalue weighted by molar-refractivity contribution is 6.31. The molecule has 0 aliphatic heterocycles. The van der Waals surface area contributed by atoms with Gasteiger partial charge in [-0.15, -0.1) is 0 Å². The van der Waals surface area contributed by atoms with Gasteiger partial charge in [-0.25, -0.2) is 0 Å². The summed E-state index contributed by atoms with van der Waals surface area (Å²) < 4.78 is 0. The third-order valence-electron chi connectivity index (χ3n) is 3.72. The average Bonchev–Trinajstić information content (AvgIpc) is 2.42. The highest BCUT2D eigenvalue weighted by Crippen LogP contribution is 2.25. The van der Waals surface area contributed by atoms with Crippen molar-refractivity contribution in [3.05, 3.63) is 28.8 Å². The second-order valence-corrected chi connectivity index (χ2v) is 5.48. The van der Waals surface area contributed by atoms with Gasteiger partial charge in [-0.3, -0.25) is 4.79 Å². The summed E-state index contributed by atoms with van der Waals surface area (Å²) in [4.78, 5) is 12.2. The van der Waals surface area contributed by atoms with Crippen LogP contribution in [0.1, 0.15) is 36.0 Å². The van der Waals surface area contributed by atoms with Gasteiger partial charge in [0, 0.05) is 29.3 Å². The number of amides is 1. The Labute approximate surface area is 117 Å². The van der Waals surface area contributed by atoms with Gasteiger partial charge in [0.05, 0.1) is 5.56 Å². The lowest BCUT2D eigenvalue weighted by atomic mass is 9.85. The van der Waals surface area contributed by atoms with Gasteiger partial charge in [0.1, 0.15) is 0 Å². The number of aliphatic hydroxyl groups excluding tert-OH is 1. The minimum atomic E-state index is -0.217. The number of nitrogens with one attached hydrogen (secondary N) is 1. The first-order valence-electron chi connectivity index (χ1n) is 6.58. The predicted molar refractivity (Wildman–Crippen MR) is 76.2 cm³/mol. The molecule has 104 valence electrons. The van der Waals surface area contributed by atoms with Gasteiger partial charge in [0.25, 0.3) is 5.91 Å². The average molecular weight is 283 g/mol. The lowest BCUT2D eigenvalue weighted by Gasteiger charge is -2.31. The van der Waals surface area contributed by atoms with E-state index in [9.17, 15) is 9.90 Å². The Hall–Kier alpha value is -1.26. The van der Waals surface area contributed by atoms with E-state index < -0.39 is 0 Å². The maximum Gasteiger partial charge on any atom is 0.253 e. The van der Waals surface area contributed by atoms with E-state index in [0.717, 1.165) is 25.7 Å². The van der Waals surface area contributed by atoms with Crippen LogP contribution in [0, 0.1) is 5.92 Å². The summed E-state index contributed by atoms with van der Waals surface area (Å²) in [5.41, 5.74) is 6.61. The van der Waals surface area contributed by atoms with Crippen LogP contribution >= 0.6 is 11.6 Å². The molecular weight excluding hydrogens is 264 g/mol. The highest BCUT2D eigenvalue weighted by atomic mass is 35.5. The third kappa shape index (κ3) is 3.39. The zero-order valence-electron chi connectivity index (χ0n) is 10.7. The molecule has 1 fully saturated rings. The molecule has 1 aromatic rings. The summed E-state index contributed by atoms with van der Waals surface area (Å²) in [6.07, 6.45) is 4.04. The number of nitrogen functional groups attached to an aromatic ring is 1. The summed E-state index contributed by atoms with van der Waals surface area (Å²) in [5.74, 6) is -0.0801. The topological polar surface area (TPSA) is 75.4 Å². The standard InChI is InChI=1S/C14H19ClN2O2/c15-10-5-6-12(16)11(7-10)14(19)17-13-4-2-1-3-9(13)8-18/h5-7,9,13,18H,1-4,8,16H2,(H,17,19). The van der Waals surface area contributed by atoms with Crippen LogP contribution in [0.5, 0.6) is 0 Å². The van der Waals surface area contributed by atoms with E-state index in [4.69, 9.17) is 17.3 Å². The number of hydrogen-bond donors (Lipinski definition) is 3. The first kappa shape index (κ1) is 14.2. The molecule has 2 atom stereocenters. The molecule has 0 bridgehead atoms. The molecule has 0 aromatic heterocycles. The summed E-state index contributed by atoms with van der Waals surface area (Å²) in [6, 6.07) is 4.87. The summed E-state index contributed by atoms with van der Waals surface area (Å²) >= 11 is 5.88. The molecule has 1 amide bonds. The number of hydrogen-bond acceptors (Lipinski definition) is 3. The van der Waals surface area contributed by atoms with Crippen molar-refractivity contribution in [2.24, 2.45) is 5.92 Å². The summed E-state index contributed by atoms with van der Waals surface area (Å²) in [5, 5.41) is 12.8. The monoisotopic (exact) mass is 282 g/mol. The fraction of sp³-hybridized carbons (Fsp3) is 0.500. The molecule has 1 saturated carbocycles. The normalized spacial score (nSPS) is 23.1. The molecule has 1 aliphatic carbocycles. The molecule has 0 saturated heterocycles. The number of carbonyl (C=O) groups is 1. The van der Waals surface area contributed by atoms with Gasteiger partial charge in [0.15, 0.2) is 0 Å². The van der Waals surface area contributed by atoms with Crippen LogP contribution in [-0.4, -0.2) is 23.7 Å². The molecule has 0 radical (unpaired) electrons. The SMILES string of the molecule is Nc1ccc(Cl)cc1C(=O)NC1CCCCC1CO. The molecule has 4 N–H and O–H groups in total. The number of carbonyl (C=O) groups excluding carboxylic acids is 1. The maximum atomic E-state index is 12.2. The number of aliphatic hydroxyl groups is 1. The van der Waals surface area contributed by atoms with E-state index in [0.29, 0.717) is 16.3 Å². The molecule has 5 heteroatoms. The van der Waals surface area contributed by atoms with Gasteiger partial charge in [-0.1, -0.05) is 24.4 Å². The van der Waals surface area contributed by atoms with E-state index in [1.54, 1.807) is 18.2 Å². The second kappa shape index (κ2) is 6.26. The highest BCUT2D eigenvalue weighted by Gasteiger charge is 2.26. The van der Waals surface area contributed by atoms with Crippen LogP contribution in [0.2, 0.25) is 5.02 Å². The first-order chi connectivity index (χ1) is 9.11. The van der Waals surface area contributed by atoms with E-state index in [1.807, 2.05) is 0 Å². The van der Waals surface area contributed by atoms with Gasteiger partial charge in [-0.05, 0) is 31.0 Å². The first-order valence-corrected chi connectivity index (χ1v) is 6.96. The second-order valence-electron chi connectivity index (χ2n) is 5.04. The van der Waals surface area contributed by atoms with Crippen molar-refractivity contribution in [1.82, 2.24) is 5.32 Å². The number of benzene rings is 1. The molecule has 1 aliphatic rings. The molecule has 4 nitrogen and oxygen atoms in total. The van der Waals surface area contributed by atoms with Crippen LogP contribution in [0.4, 0.5) is 5.69 Å². The largest absolute Gasteiger partial charge is 0.398 e. The third-order valence-corrected chi connectivity index (χ3v) is 3.96. The number of rotatable bonds is 3. The molecule has 19 heavy (non-hydrogen) atoms. The minimum Gasteiger partial charge on any atom is -0.398 e. The van der Waals surface area contributed by atoms with Crippen molar-refractivity contribution in [3.63, 3.8) is 0 Å². The van der Waals surface area contributed by atoms with Crippen molar-refractivity contribution < 1.29 is 9.90 Å². The number of halogens is 1. The van der Waals surface area contributed by atoms with Crippen molar-refractivity contribution >= 4 is 23.2 Å². The summed E-state index contributed by atoms with van der Waals surface area (Å²) in [7, 11) is 0. The van der Waals surface area contributed by atoms with E-state index in [2.05, 4.69) is 5.32 Å². The van der Waals surface area contributed by atoms with Crippen molar-refractivity contribution in [2.75, 3.05) is 12.3 Å². The van der Waals surface area contributed by atoms with Crippen molar-refractivity contribution in [1.29, 1.82) is 0 Å². The lowest BCUT2D eigenvalue weighted by molar-refractivity contribution is 0.0873. The van der Waals surface area contributed by atoms with E-state index in [1.165, 1.54) is 0 Å². The Balaban J connectivity index is 2.09. The molecule has 0 spiro atoms. The molecule has 2 unspecified atom stereocenters. The molecule has 2 rings (SSSR count). The lowest BCUT2D eigenvalue weighted by Crippen LogP contribution is -2.43. The fourth-order valence-electron chi connectivity index (χ4n) is 2.59. The molecule has 1 aromatic carbocycles. The van der Waals surface area contributed by atoms with Crippen LogP contribution in [0.25, 0.3) is 0 Å². The zero-order chi connectivity index (χ0) is 13.8. The van der Waals surface area contributed by atoms with E-state index in [-0.39, 0.29) is 24.5 Å². The smallest absolute Gasteiger partial charge is 0.253 e. The van der Waals surface area contributed by atoms with Gasteiger partial charge < -0.3 is 16.2 Å². The van der Waals surface area contributed by atoms with Crippen LogP contribution in [-0.2, 0) is 0 Å². The predicted octanol–water partition coefficient (Wildman–Crippen LogP) is 2.20. The van der Waals surface area contributed by atoms with Crippen LogP contribution < -0.4 is 11.1 Å². The quantitative estimate of drug-likeness (QED) is 0.744. The van der Waals surface area contributed by atoms with E-state index >= 15 is 0 Å². The Morgan fingerprint density at radius 3 is 2.89 bits per heavy atom. The molecule has 0 heterocycles. The van der Waals surface area contributed by atoms with Crippen LogP contribution in [0.3, 0.4) is 0 Å². The summed E-state index contributed by atoms with van der Waals surface area (Å²) in [6.45, 7) is 0.107. The van der Waals surface area contributed by atoms with Crippen molar-refractivity contribution in [3.8, 4) is 0 Å². The van der Waals surface area contributed by atoms with Gasteiger partial charge in [0.2, 0.25) is 0 Å². The number of anilines is 1. The number of nitrogens with two attached hydrogens (primary N) is 1. The Morgan fingerprint density at radius 2 is 2.16 bits per heavy atom. The Morgan fingerprint density at radius 1 is 1.42 bits per heavy atom. The fourth-order valence-corrected chi connectivity index (χ4v) is 2.76. The van der Waals surface area contributed by atoms with Crippen molar-refractivity contribution in [2.45, 2.75) is 31.7 Å². The van der Waals surface area contributed by atoms with Crippen LogP contribution in [0.15, 0.2) is 18.2 Å². The van der Waals surface area contributed by atoms with Gasteiger partial charge >= 0.3 is 0 Å². The van der Waals surface area contributed by atoms with Gasteiger partial charge in [-0.2, -0.15) is 0 Å². The minimum absolute atomic E-state index is 0.0182. The Bertz CT molecular complexity index is 465. The maximum absolute atomic E-state index is 12.2.